The Labute approximate surface area is 112 Å². The number of rotatable bonds is 2. The molecule has 0 aromatic heterocycles. The first-order valence-electron chi connectivity index (χ1n) is 4.93. The summed E-state index contributed by atoms with van der Waals surface area (Å²) in [7, 11) is 0. The van der Waals surface area contributed by atoms with Crippen molar-refractivity contribution in [2.45, 2.75) is 0 Å². The van der Waals surface area contributed by atoms with Crippen molar-refractivity contribution >= 4 is 44.0 Å². The molecule has 0 nitrogen and oxygen atoms in total. The van der Waals surface area contributed by atoms with Crippen LogP contribution in [0.5, 0.6) is 0 Å². The lowest BCUT2D eigenvalue weighted by Crippen LogP contribution is -1.73. The summed E-state index contributed by atoms with van der Waals surface area (Å²) in [5.41, 5.74) is 2.38. The van der Waals surface area contributed by atoms with Crippen LogP contribution in [-0.2, 0) is 0 Å². The quantitative estimate of drug-likeness (QED) is 0.645. The zero-order chi connectivity index (χ0) is 11.4. The molecule has 0 aliphatic heterocycles. The lowest BCUT2D eigenvalue weighted by molar-refractivity contribution is 1.60. The van der Waals surface area contributed by atoms with E-state index in [1.807, 2.05) is 24.3 Å². The lowest BCUT2D eigenvalue weighted by atomic mass is 10.1. The van der Waals surface area contributed by atoms with Crippen LogP contribution < -0.4 is 0 Å². The highest BCUT2D eigenvalue weighted by molar-refractivity contribution is 9.10. The number of hydrogen-bond donors (Lipinski definition) is 0. The van der Waals surface area contributed by atoms with Gasteiger partial charge in [0.2, 0.25) is 0 Å². The first-order valence-corrected chi connectivity index (χ1v) is 6.52. The molecule has 0 bridgehead atoms. The first-order chi connectivity index (χ1) is 7.74. The van der Waals surface area contributed by atoms with Crippen LogP contribution in [0.3, 0.4) is 0 Å². The fourth-order valence-electron chi connectivity index (χ4n) is 1.41. The molecular weight excluding hydrogens is 328 g/mol. The molecular formula is C14H10Br2. The normalized spacial score (nSPS) is 10.9. The highest BCUT2D eigenvalue weighted by atomic mass is 79.9. The predicted octanol–water partition coefficient (Wildman–Crippen LogP) is 5.38. The van der Waals surface area contributed by atoms with Crippen LogP contribution in [0.1, 0.15) is 11.1 Å². The van der Waals surface area contributed by atoms with Gasteiger partial charge in [0.25, 0.3) is 0 Å². The Kier molecular flexibility index (Phi) is 3.97. The summed E-state index contributed by atoms with van der Waals surface area (Å²) >= 11 is 6.92. The van der Waals surface area contributed by atoms with Gasteiger partial charge in [-0.2, -0.15) is 0 Å². The maximum Gasteiger partial charge on any atom is 0.0181 e. The minimum Gasteiger partial charge on any atom is -0.0606 e. The molecule has 0 atom stereocenters. The van der Waals surface area contributed by atoms with Crippen LogP contribution in [0.4, 0.5) is 0 Å². The summed E-state index contributed by atoms with van der Waals surface area (Å²) < 4.78 is 2.20. The zero-order valence-electron chi connectivity index (χ0n) is 8.53. The molecule has 16 heavy (non-hydrogen) atoms. The van der Waals surface area contributed by atoms with Crippen LogP contribution in [-0.4, -0.2) is 0 Å². The molecule has 0 N–H and O–H groups in total. The van der Waals surface area contributed by atoms with Crippen LogP contribution >= 0.6 is 31.9 Å². The fraction of sp³-hybridized carbons (Fsp3) is 0. The molecule has 0 saturated carbocycles. The van der Waals surface area contributed by atoms with Crippen LogP contribution in [0.25, 0.3) is 12.2 Å². The number of hydrogen-bond acceptors (Lipinski definition) is 0. The van der Waals surface area contributed by atoms with Gasteiger partial charge in [0.1, 0.15) is 0 Å². The molecule has 0 aliphatic rings. The number of halogens is 2. The monoisotopic (exact) mass is 336 g/mol. The molecule has 0 aliphatic carbocycles. The molecule has 2 rings (SSSR count). The second-order valence-corrected chi connectivity index (χ2v) is 5.27. The van der Waals surface area contributed by atoms with Gasteiger partial charge in [-0.15, -0.1) is 0 Å². The van der Waals surface area contributed by atoms with Gasteiger partial charge >= 0.3 is 0 Å². The topological polar surface area (TPSA) is 0 Å². The summed E-state index contributed by atoms with van der Waals surface area (Å²) in [5, 5.41) is 0. The van der Waals surface area contributed by atoms with E-state index in [4.69, 9.17) is 0 Å². The molecule has 0 heterocycles. The SMILES string of the molecule is Brc1cccc(C=Cc2cccc(Br)c2)c1. The molecule has 80 valence electrons. The van der Waals surface area contributed by atoms with E-state index in [9.17, 15) is 0 Å². The molecule has 2 aromatic rings. The van der Waals surface area contributed by atoms with Crippen molar-refractivity contribution in [1.82, 2.24) is 0 Å². The summed E-state index contributed by atoms with van der Waals surface area (Å²) in [6.07, 6.45) is 4.21. The Hall–Kier alpha value is -0.860. The molecule has 0 spiro atoms. The fourth-order valence-corrected chi connectivity index (χ4v) is 2.25. The van der Waals surface area contributed by atoms with E-state index in [0.717, 1.165) is 8.95 Å². The first kappa shape index (κ1) is 11.6. The van der Waals surface area contributed by atoms with Gasteiger partial charge in [0, 0.05) is 8.95 Å². The third kappa shape index (κ3) is 3.32. The number of benzene rings is 2. The van der Waals surface area contributed by atoms with Gasteiger partial charge in [-0.05, 0) is 35.4 Å². The molecule has 2 aromatic carbocycles. The smallest absolute Gasteiger partial charge is 0.0181 e. The standard InChI is InChI=1S/C14H10Br2/c15-13-5-1-3-11(9-13)7-8-12-4-2-6-14(16)10-12/h1-10H. The van der Waals surface area contributed by atoms with E-state index >= 15 is 0 Å². The van der Waals surface area contributed by atoms with E-state index in [1.165, 1.54) is 11.1 Å². The van der Waals surface area contributed by atoms with Gasteiger partial charge in [0.15, 0.2) is 0 Å². The van der Waals surface area contributed by atoms with Gasteiger partial charge in [-0.25, -0.2) is 0 Å². The Morgan fingerprint density at radius 2 is 1.12 bits per heavy atom. The highest BCUT2D eigenvalue weighted by Gasteiger charge is 1.90. The third-order valence-corrected chi connectivity index (χ3v) is 3.15. The minimum atomic E-state index is 1.10. The molecule has 2 heteroatoms. The molecule has 0 amide bonds. The van der Waals surface area contributed by atoms with Crippen molar-refractivity contribution in [3.8, 4) is 0 Å². The largest absolute Gasteiger partial charge is 0.0606 e. The Morgan fingerprint density at radius 1 is 0.688 bits per heavy atom. The van der Waals surface area contributed by atoms with Gasteiger partial charge in [-0.1, -0.05) is 68.3 Å². The lowest BCUT2D eigenvalue weighted by Gasteiger charge is -1.96. The summed E-state index contributed by atoms with van der Waals surface area (Å²) in [4.78, 5) is 0. The maximum absolute atomic E-state index is 3.46. The van der Waals surface area contributed by atoms with Crippen molar-refractivity contribution in [2.75, 3.05) is 0 Å². The van der Waals surface area contributed by atoms with E-state index in [-0.39, 0.29) is 0 Å². The van der Waals surface area contributed by atoms with E-state index in [1.54, 1.807) is 0 Å². The molecule has 0 radical (unpaired) electrons. The minimum absolute atomic E-state index is 1.10. The molecule has 0 saturated heterocycles. The van der Waals surface area contributed by atoms with Crippen molar-refractivity contribution in [1.29, 1.82) is 0 Å². The molecule has 0 fully saturated rings. The van der Waals surface area contributed by atoms with E-state index < -0.39 is 0 Å². The average molecular weight is 338 g/mol. The van der Waals surface area contributed by atoms with Crippen LogP contribution in [0.15, 0.2) is 57.5 Å². The Bertz CT molecular complexity index is 468. The summed E-state index contributed by atoms with van der Waals surface area (Å²) in [6.45, 7) is 0. The molecule has 0 unspecified atom stereocenters. The third-order valence-electron chi connectivity index (χ3n) is 2.17. The average Bonchev–Trinajstić information content (AvgIpc) is 2.27. The Morgan fingerprint density at radius 3 is 1.50 bits per heavy atom. The van der Waals surface area contributed by atoms with Gasteiger partial charge in [-0.3, -0.25) is 0 Å². The van der Waals surface area contributed by atoms with Crippen molar-refractivity contribution in [3.05, 3.63) is 68.6 Å². The highest BCUT2D eigenvalue weighted by Crippen LogP contribution is 2.16. The van der Waals surface area contributed by atoms with Crippen molar-refractivity contribution in [3.63, 3.8) is 0 Å². The summed E-state index contributed by atoms with van der Waals surface area (Å²) in [5.74, 6) is 0. The second-order valence-electron chi connectivity index (χ2n) is 3.44. The van der Waals surface area contributed by atoms with Crippen LogP contribution in [0, 0.1) is 0 Å². The van der Waals surface area contributed by atoms with Crippen LogP contribution in [0.2, 0.25) is 0 Å². The maximum atomic E-state index is 3.46. The van der Waals surface area contributed by atoms with Gasteiger partial charge < -0.3 is 0 Å². The predicted molar refractivity (Wildman–Crippen MR) is 77.2 cm³/mol. The van der Waals surface area contributed by atoms with E-state index in [2.05, 4.69) is 68.3 Å². The van der Waals surface area contributed by atoms with Crippen molar-refractivity contribution in [2.24, 2.45) is 0 Å². The zero-order valence-corrected chi connectivity index (χ0v) is 11.7. The second kappa shape index (κ2) is 5.46. The van der Waals surface area contributed by atoms with Crippen molar-refractivity contribution < 1.29 is 0 Å². The van der Waals surface area contributed by atoms with E-state index in [0.29, 0.717) is 0 Å². The summed E-state index contributed by atoms with van der Waals surface area (Å²) in [6, 6.07) is 16.5. The Balaban J connectivity index is 2.21. The van der Waals surface area contributed by atoms with Gasteiger partial charge in [0.05, 0.1) is 0 Å².